The minimum absolute atomic E-state index is 0.278. The molecule has 0 saturated heterocycles. The summed E-state index contributed by atoms with van der Waals surface area (Å²) >= 11 is 0. The van der Waals surface area contributed by atoms with Gasteiger partial charge in [0.25, 0.3) is 0 Å². The maximum Gasteiger partial charge on any atom is 0.145 e. The summed E-state index contributed by atoms with van der Waals surface area (Å²) in [4.78, 5) is -1.04. The number of nitrogens with zero attached hydrogens (tertiary/aromatic N) is 3. The molecule has 0 saturated carbocycles. The molecule has 0 fully saturated rings. The number of hydrogen-bond donors (Lipinski definition) is 1. The molecule has 0 aliphatic carbocycles. The van der Waals surface area contributed by atoms with Gasteiger partial charge in [-0.1, -0.05) is 0 Å². The van der Waals surface area contributed by atoms with Crippen LogP contribution in [0.3, 0.4) is 0 Å². The lowest BCUT2D eigenvalue weighted by molar-refractivity contribution is -0.894. The predicted octanol–water partition coefficient (Wildman–Crippen LogP) is -0.445. The molecule has 0 bridgehead atoms. The largest absolute Gasteiger partial charge is 0.583 e. The second-order valence-electron chi connectivity index (χ2n) is 1.43. The van der Waals surface area contributed by atoms with Crippen molar-refractivity contribution in [1.82, 2.24) is 0 Å². The van der Waals surface area contributed by atoms with E-state index in [-0.39, 0.29) is 6.54 Å². The van der Waals surface area contributed by atoms with E-state index in [9.17, 15) is 5.21 Å². The lowest BCUT2D eigenvalue weighted by atomic mass is 10.7. The standard InChI is InChI=1S/C2H6N4O/c3-6(7)2-1-4-5-6/h1-3H2. The molecule has 1 aliphatic heterocycles. The van der Waals surface area contributed by atoms with E-state index < -0.39 is 4.86 Å². The van der Waals surface area contributed by atoms with Crippen LogP contribution in [0.25, 0.3) is 0 Å². The van der Waals surface area contributed by atoms with Gasteiger partial charge in [0.2, 0.25) is 0 Å². The zero-order valence-corrected chi connectivity index (χ0v) is 3.74. The maximum atomic E-state index is 10.4. The van der Waals surface area contributed by atoms with Gasteiger partial charge >= 0.3 is 0 Å². The molecule has 1 rings (SSSR count). The Morgan fingerprint density at radius 1 is 1.71 bits per heavy atom. The van der Waals surface area contributed by atoms with Crippen molar-refractivity contribution in [1.29, 1.82) is 0 Å². The molecule has 0 aromatic heterocycles. The topological polar surface area (TPSA) is 73.8 Å². The number of quaternary nitrogens is 1. The van der Waals surface area contributed by atoms with Crippen molar-refractivity contribution in [3.8, 4) is 0 Å². The molecule has 5 nitrogen and oxygen atoms in total. The van der Waals surface area contributed by atoms with Crippen LogP contribution < -0.4 is 5.84 Å². The molecule has 0 spiro atoms. The average Bonchev–Trinajstić information content (AvgIpc) is 1.84. The van der Waals surface area contributed by atoms with Crippen molar-refractivity contribution < 1.29 is 4.86 Å². The second-order valence-corrected chi connectivity index (χ2v) is 1.43. The van der Waals surface area contributed by atoms with Gasteiger partial charge < -0.3 is 5.21 Å². The third-order valence-corrected chi connectivity index (χ3v) is 0.735. The van der Waals surface area contributed by atoms with Crippen LogP contribution in [-0.4, -0.2) is 18.0 Å². The normalized spacial score (nSPS) is 39.7. The monoisotopic (exact) mass is 102 g/mol. The molecule has 5 heteroatoms. The molecule has 7 heavy (non-hydrogen) atoms. The lowest BCUT2D eigenvalue weighted by Crippen LogP contribution is -2.41. The molecule has 0 aromatic rings. The van der Waals surface area contributed by atoms with E-state index in [1.54, 1.807) is 0 Å². The Kier molecular flexibility index (Phi) is 0.810. The van der Waals surface area contributed by atoms with E-state index in [0.717, 1.165) is 0 Å². The fraction of sp³-hybridized carbons (Fsp3) is 1.00. The number of rotatable bonds is 0. The SMILES string of the molecule is N[N+]1([O-])CCN=N1. The summed E-state index contributed by atoms with van der Waals surface area (Å²) in [6.45, 7) is 0.736. The van der Waals surface area contributed by atoms with E-state index in [2.05, 4.69) is 10.3 Å². The minimum Gasteiger partial charge on any atom is -0.583 e. The molecule has 1 unspecified atom stereocenters. The van der Waals surface area contributed by atoms with E-state index in [0.29, 0.717) is 6.54 Å². The highest BCUT2D eigenvalue weighted by Gasteiger charge is 2.14. The van der Waals surface area contributed by atoms with Gasteiger partial charge in [-0.15, -0.1) is 9.98 Å². The highest BCUT2D eigenvalue weighted by atomic mass is 16.6. The van der Waals surface area contributed by atoms with Gasteiger partial charge in [-0.2, -0.15) is 5.84 Å². The summed E-state index contributed by atoms with van der Waals surface area (Å²) < 4.78 is 0. The van der Waals surface area contributed by atoms with Crippen molar-refractivity contribution in [2.75, 3.05) is 13.1 Å². The lowest BCUT2D eigenvalue weighted by Gasteiger charge is -2.21. The van der Waals surface area contributed by atoms with Crippen molar-refractivity contribution in [2.24, 2.45) is 16.2 Å². The Labute approximate surface area is 40.5 Å². The molecular weight excluding hydrogens is 96.0 g/mol. The van der Waals surface area contributed by atoms with Crippen LogP contribution in [0, 0.1) is 5.21 Å². The summed E-state index contributed by atoms with van der Waals surface area (Å²) in [6.07, 6.45) is 0. The van der Waals surface area contributed by atoms with Gasteiger partial charge in [0.1, 0.15) is 13.1 Å². The average molecular weight is 102 g/mol. The fourth-order valence-corrected chi connectivity index (χ4v) is 0.385. The number of hydrogen-bond acceptors (Lipinski definition) is 4. The molecular formula is C2H6N4O. The van der Waals surface area contributed by atoms with Crippen LogP contribution in [0.4, 0.5) is 0 Å². The first-order valence-corrected chi connectivity index (χ1v) is 1.97. The van der Waals surface area contributed by atoms with E-state index in [1.165, 1.54) is 0 Å². The molecule has 0 radical (unpaired) electrons. The predicted molar refractivity (Wildman–Crippen MR) is 22.4 cm³/mol. The van der Waals surface area contributed by atoms with Crippen LogP contribution in [0.5, 0.6) is 0 Å². The Balaban J connectivity index is 2.57. The second kappa shape index (κ2) is 1.22. The van der Waals surface area contributed by atoms with Crippen molar-refractivity contribution in [2.45, 2.75) is 0 Å². The van der Waals surface area contributed by atoms with Gasteiger partial charge in [0.15, 0.2) is 0 Å². The van der Waals surface area contributed by atoms with Crippen LogP contribution in [0.2, 0.25) is 0 Å². The molecule has 40 valence electrons. The van der Waals surface area contributed by atoms with Gasteiger partial charge in [-0.25, -0.2) is 0 Å². The summed E-state index contributed by atoms with van der Waals surface area (Å²) in [5, 5.41) is 16.9. The van der Waals surface area contributed by atoms with Crippen LogP contribution >= 0.6 is 0 Å². The van der Waals surface area contributed by atoms with Gasteiger partial charge in [0.05, 0.1) is 0 Å². The number of nitrogens with two attached hydrogens (primary N) is 1. The van der Waals surface area contributed by atoms with Crippen molar-refractivity contribution >= 4 is 0 Å². The number of hydroxylamine groups is 1. The quantitative estimate of drug-likeness (QED) is 0.255. The summed E-state index contributed by atoms with van der Waals surface area (Å²) in [5.74, 6) is 4.90. The first kappa shape index (κ1) is 4.63. The molecule has 1 aliphatic rings. The van der Waals surface area contributed by atoms with Crippen LogP contribution in [0.1, 0.15) is 0 Å². The molecule has 0 aromatic carbocycles. The van der Waals surface area contributed by atoms with Gasteiger partial charge in [-0.3, -0.25) is 0 Å². The highest BCUT2D eigenvalue weighted by molar-refractivity contribution is 4.40. The highest BCUT2D eigenvalue weighted by Crippen LogP contribution is 2.02. The maximum absolute atomic E-state index is 10.4. The molecule has 1 atom stereocenters. The van der Waals surface area contributed by atoms with Gasteiger partial charge in [0, 0.05) is 5.22 Å². The smallest absolute Gasteiger partial charge is 0.145 e. The van der Waals surface area contributed by atoms with E-state index in [1.807, 2.05) is 0 Å². The summed E-state index contributed by atoms with van der Waals surface area (Å²) in [7, 11) is 0. The molecule has 2 N–H and O–H groups in total. The van der Waals surface area contributed by atoms with Crippen LogP contribution in [-0.2, 0) is 0 Å². The van der Waals surface area contributed by atoms with Crippen LogP contribution in [0.15, 0.2) is 10.3 Å². The summed E-state index contributed by atoms with van der Waals surface area (Å²) in [6, 6.07) is 0. The Morgan fingerprint density at radius 3 is 2.57 bits per heavy atom. The van der Waals surface area contributed by atoms with Crippen molar-refractivity contribution in [3.63, 3.8) is 0 Å². The zero-order chi connectivity index (χ0) is 5.33. The Bertz CT molecular complexity index is 97.9. The third-order valence-electron chi connectivity index (χ3n) is 0.735. The Hall–Kier alpha value is -0.520. The molecule has 1 heterocycles. The minimum atomic E-state index is -1.04. The van der Waals surface area contributed by atoms with Crippen molar-refractivity contribution in [3.05, 3.63) is 5.21 Å². The molecule has 0 amide bonds. The first-order chi connectivity index (χ1) is 3.21. The first-order valence-electron chi connectivity index (χ1n) is 1.97. The van der Waals surface area contributed by atoms with E-state index >= 15 is 0 Å². The van der Waals surface area contributed by atoms with E-state index in [4.69, 9.17) is 5.84 Å². The summed E-state index contributed by atoms with van der Waals surface area (Å²) in [5.41, 5.74) is 0. The fourth-order valence-electron chi connectivity index (χ4n) is 0.385. The zero-order valence-electron chi connectivity index (χ0n) is 3.74. The van der Waals surface area contributed by atoms with Gasteiger partial charge in [-0.05, 0) is 0 Å². The Morgan fingerprint density at radius 2 is 2.43 bits per heavy atom. The third kappa shape index (κ3) is 0.923.